The highest BCUT2D eigenvalue weighted by atomic mass is 32.2. The Bertz CT molecular complexity index is 333. The van der Waals surface area contributed by atoms with E-state index in [0.717, 1.165) is 17.9 Å². The highest BCUT2D eigenvalue weighted by molar-refractivity contribution is 7.96. The van der Waals surface area contributed by atoms with Crippen LogP contribution in [0.3, 0.4) is 0 Å². The monoisotopic (exact) mass is 257 g/mol. The SMILES string of the molecule is CCNSCc1cc(OC)c(OC)c(OC)c1. The van der Waals surface area contributed by atoms with Gasteiger partial charge in [0.05, 0.1) is 21.3 Å². The van der Waals surface area contributed by atoms with Gasteiger partial charge in [-0.15, -0.1) is 0 Å². The summed E-state index contributed by atoms with van der Waals surface area (Å²) < 4.78 is 19.1. The highest BCUT2D eigenvalue weighted by Gasteiger charge is 2.12. The Morgan fingerprint density at radius 2 is 1.65 bits per heavy atom. The number of nitrogens with one attached hydrogen (secondary N) is 1. The Labute approximate surface area is 107 Å². The predicted octanol–water partition coefficient (Wildman–Crippen LogP) is 2.47. The van der Waals surface area contributed by atoms with E-state index >= 15 is 0 Å². The van der Waals surface area contributed by atoms with Gasteiger partial charge in [-0.25, -0.2) is 0 Å². The molecular weight excluding hydrogens is 238 g/mol. The van der Waals surface area contributed by atoms with E-state index in [-0.39, 0.29) is 0 Å². The van der Waals surface area contributed by atoms with Crippen LogP contribution in [0.25, 0.3) is 0 Å². The fourth-order valence-corrected chi connectivity index (χ4v) is 2.09. The quantitative estimate of drug-likeness (QED) is 0.600. The smallest absolute Gasteiger partial charge is 0.203 e. The summed E-state index contributed by atoms with van der Waals surface area (Å²) in [4.78, 5) is 0. The van der Waals surface area contributed by atoms with Crippen LogP contribution in [0.5, 0.6) is 17.2 Å². The Morgan fingerprint density at radius 1 is 1.06 bits per heavy atom. The van der Waals surface area contributed by atoms with Gasteiger partial charge in [-0.2, -0.15) is 0 Å². The van der Waals surface area contributed by atoms with Crippen molar-refractivity contribution in [3.63, 3.8) is 0 Å². The summed E-state index contributed by atoms with van der Waals surface area (Å²) in [5.74, 6) is 2.87. The van der Waals surface area contributed by atoms with Crippen molar-refractivity contribution in [2.45, 2.75) is 12.7 Å². The van der Waals surface area contributed by atoms with E-state index in [2.05, 4.69) is 11.6 Å². The average molecular weight is 257 g/mol. The van der Waals surface area contributed by atoms with Gasteiger partial charge in [-0.1, -0.05) is 18.9 Å². The van der Waals surface area contributed by atoms with Crippen molar-refractivity contribution in [1.29, 1.82) is 0 Å². The van der Waals surface area contributed by atoms with Gasteiger partial charge in [0.15, 0.2) is 11.5 Å². The molecule has 0 saturated heterocycles. The standard InChI is InChI=1S/C12H19NO3S/c1-5-13-17-8-9-6-10(14-2)12(16-4)11(7-9)15-3/h6-7,13H,5,8H2,1-4H3. The van der Waals surface area contributed by atoms with Gasteiger partial charge in [0.2, 0.25) is 5.75 Å². The molecule has 1 N–H and O–H groups in total. The molecule has 0 aliphatic carbocycles. The molecule has 0 spiro atoms. The molecule has 96 valence electrons. The fraction of sp³-hybridized carbons (Fsp3) is 0.500. The zero-order valence-corrected chi connectivity index (χ0v) is 11.5. The summed E-state index contributed by atoms with van der Waals surface area (Å²) >= 11 is 1.66. The molecule has 0 aliphatic heterocycles. The lowest BCUT2D eigenvalue weighted by Gasteiger charge is -2.13. The van der Waals surface area contributed by atoms with Crippen LogP contribution in [-0.4, -0.2) is 27.9 Å². The van der Waals surface area contributed by atoms with Crippen molar-refractivity contribution < 1.29 is 14.2 Å². The number of ether oxygens (including phenoxy) is 3. The predicted molar refractivity (Wildman–Crippen MR) is 71.1 cm³/mol. The second kappa shape index (κ2) is 7.29. The van der Waals surface area contributed by atoms with Crippen LogP contribution in [0.4, 0.5) is 0 Å². The van der Waals surface area contributed by atoms with Crippen LogP contribution >= 0.6 is 11.9 Å². The topological polar surface area (TPSA) is 39.7 Å². The van der Waals surface area contributed by atoms with Gasteiger partial charge in [-0.3, -0.25) is 4.72 Å². The third-order valence-electron chi connectivity index (χ3n) is 2.21. The molecule has 1 rings (SSSR count). The summed E-state index contributed by atoms with van der Waals surface area (Å²) in [6, 6.07) is 3.93. The summed E-state index contributed by atoms with van der Waals surface area (Å²) in [6.07, 6.45) is 0. The molecule has 0 aliphatic rings. The molecule has 5 heteroatoms. The number of hydrogen-bond donors (Lipinski definition) is 1. The van der Waals surface area contributed by atoms with Gasteiger partial charge in [0.1, 0.15) is 0 Å². The van der Waals surface area contributed by atoms with E-state index in [1.807, 2.05) is 12.1 Å². The minimum absolute atomic E-state index is 0.632. The van der Waals surface area contributed by atoms with E-state index in [9.17, 15) is 0 Å². The zero-order chi connectivity index (χ0) is 12.7. The Balaban J connectivity index is 2.92. The lowest BCUT2D eigenvalue weighted by atomic mass is 10.2. The van der Waals surface area contributed by atoms with E-state index in [4.69, 9.17) is 14.2 Å². The van der Waals surface area contributed by atoms with Gasteiger partial charge >= 0.3 is 0 Å². The van der Waals surface area contributed by atoms with E-state index in [1.165, 1.54) is 0 Å². The molecule has 4 nitrogen and oxygen atoms in total. The molecule has 0 atom stereocenters. The molecule has 1 aromatic carbocycles. The Kier molecular flexibility index (Phi) is 6.00. The van der Waals surface area contributed by atoms with Crippen LogP contribution in [-0.2, 0) is 5.75 Å². The molecule has 0 heterocycles. The first kappa shape index (κ1) is 14.0. The normalized spacial score (nSPS) is 10.1. The lowest BCUT2D eigenvalue weighted by molar-refractivity contribution is 0.324. The molecule has 17 heavy (non-hydrogen) atoms. The molecule has 1 aromatic rings. The number of rotatable bonds is 7. The van der Waals surface area contributed by atoms with Crippen molar-refractivity contribution >= 4 is 11.9 Å². The maximum absolute atomic E-state index is 5.29. The second-order valence-electron chi connectivity index (χ2n) is 3.32. The van der Waals surface area contributed by atoms with Crippen LogP contribution in [0.2, 0.25) is 0 Å². The minimum atomic E-state index is 0.632. The zero-order valence-electron chi connectivity index (χ0n) is 10.7. The largest absolute Gasteiger partial charge is 0.493 e. The minimum Gasteiger partial charge on any atom is -0.493 e. The van der Waals surface area contributed by atoms with Crippen molar-refractivity contribution in [2.24, 2.45) is 0 Å². The molecule has 0 radical (unpaired) electrons. The molecule has 0 amide bonds. The number of benzene rings is 1. The van der Waals surface area contributed by atoms with E-state index in [0.29, 0.717) is 17.2 Å². The van der Waals surface area contributed by atoms with Crippen molar-refractivity contribution in [2.75, 3.05) is 27.9 Å². The molecule has 0 saturated carbocycles. The first-order valence-corrected chi connectivity index (χ1v) is 6.38. The number of hydrogen-bond acceptors (Lipinski definition) is 5. The third-order valence-corrected chi connectivity index (χ3v) is 3.18. The first-order chi connectivity index (χ1) is 8.26. The van der Waals surface area contributed by atoms with Crippen LogP contribution in [0.15, 0.2) is 12.1 Å². The van der Waals surface area contributed by atoms with Gasteiger partial charge in [0, 0.05) is 12.3 Å². The van der Waals surface area contributed by atoms with Crippen molar-refractivity contribution in [3.05, 3.63) is 17.7 Å². The molecular formula is C12H19NO3S. The van der Waals surface area contributed by atoms with E-state index < -0.39 is 0 Å². The number of methoxy groups -OCH3 is 3. The maximum Gasteiger partial charge on any atom is 0.203 e. The average Bonchev–Trinajstić information content (AvgIpc) is 2.37. The fourth-order valence-electron chi connectivity index (χ4n) is 1.46. The van der Waals surface area contributed by atoms with Crippen LogP contribution in [0.1, 0.15) is 12.5 Å². The van der Waals surface area contributed by atoms with Gasteiger partial charge in [0.25, 0.3) is 0 Å². The Hall–Kier alpha value is -1.07. The summed E-state index contributed by atoms with van der Waals surface area (Å²) in [5.41, 5.74) is 1.13. The molecule has 0 aromatic heterocycles. The van der Waals surface area contributed by atoms with Gasteiger partial charge < -0.3 is 14.2 Å². The summed E-state index contributed by atoms with van der Waals surface area (Å²) in [5, 5.41) is 0. The first-order valence-electron chi connectivity index (χ1n) is 5.40. The second-order valence-corrected chi connectivity index (χ2v) is 4.19. The Morgan fingerprint density at radius 3 is 2.06 bits per heavy atom. The molecule has 0 unspecified atom stereocenters. The van der Waals surface area contributed by atoms with Crippen molar-refractivity contribution in [3.8, 4) is 17.2 Å². The van der Waals surface area contributed by atoms with Gasteiger partial charge in [-0.05, 0) is 17.7 Å². The van der Waals surface area contributed by atoms with E-state index in [1.54, 1.807) is 33.3 Å². The highest BCUT2D eigenvalue weighted by Crippen LogP contribution is 2.38. The lowest BCUT2D eigenvalue weighted by Crippen LogP contribution is -2.02. The van der Waals surface area contributed by atoms with Crippen LogP contribution in [0, 0.1) is 0 Å². The third kappa shape index (κ3) is 3.71. The van der Waals surface area contributed by atoms with Crippen molar-refractivity contribution in [1.82, 2.24) is 4.72 Å². The summed E-state index contributed by atoms with van der Waals surface area (Å²) in [7, 11) is 4.85. The summed E-state index contributed by atoms with van der Waals surface area (Å²) in [6.45, 7) is 3.01. The maximum atomic E-state index is 5.29. The van der Waals surface area contributed by atoms with Crippen LogP contribution < -0.4 is 18.9 Å². The molecule has 0 fully saturated rings. The molecule has 0 bridgehead atoms.